The summed E-state index contributed by atoms with van der Waals surface area (Å²) in [6.07, 6.45) is 1.54. The fourth-order valence-corrected chi connectivity index (χ4v) is 2.60. The van der Waals surface area contributed by atoms with Crippen molar-refractivity contribution in [1.82, 2.24) is 15.3 Å². The molecule has 0 saturated carbocycles. The minimum Gasteiger partial charge on any atom is -0.497 e. The first-order valence-corrected chi connectivity index (χ1v) is 8.71. The topological polar surface area (TPSA) is 76.1 Å². The van der Waals surface area contributed by atoms with Crippen LogP contribution in [0.5, 0.6) is 5.75 Å². The Kier molecular flexibility index (Phi) is 5.88. The summed E-state index contributed by atoms with van der Waals surface area (Å²) < 4.78 is 5.12. The van der Waals surface area contributed by atoms with Crippen molar-refractivity contribution in [3.8, 4) is 5.75 Å². The Morgan fingerprint density at radius 2 is 1.93 bits per heavy atom. The Balaban J connectivity index is 1.67. The van der Waals surface area contributed by atoms with Gasteiger partial charge in [0.1, 0.15) is 11.4 Å². The summed E-state index contributed by atoms with van der Waals surface area (Å²) in [5, 5.41) is 6.59. The molecular formula is C20H19ClN4O2. The average Bonchev–Trinajstić information content (AvgIpc) is 2.70. The van der Waals surface area contributed by atoms with Crippen LogP contribution < -0.4 is 15.4 Å². The first kappa shape index (κ1) is 18.7. The van der Waals surface area contributed by atoms with Crippen molar-refractivity contribution < 1.29 is 9.53 Å². The molecule has 0 atom stereocenters. The maximum atomic E-state index is 12.4. The molecule has 0 aliphatic carbocycles. The zero-order chi connectivity index (χ0) is 19.2. The van der Waals surface area contributed by atoms with Gasteiger partial charge >= 0.3 is 0 Å². The van der Waals surface area contributed by atoms with Gasteiger partial charge in [0.25, 0.3) is 5.91 Å². The number of hydrogen-bond donors (Lipinski definition) is 2. The molecule has 0 saturated heterocycles. The SMILES string of the molecule is COc1ccc(CNC(=O)c2ccnc(Nc3cccc(Cl)c3C)n2)cc1. The summed E-state index contributed by atoms with van der Waals surface area (Å²) in [5.41, 5.74) is 2.92. The zero-order valence-electron chi connectivity index (χ0n) is 15.0. The Morgan fingerprint density at radius 3 is 2.67 bits per heavy atom. The molecule has 27 heavy (non-hydrogen) atoms. The highest BCUT2D eigenvalue weighted by molar-refractivity contribution is 6.31. The normalized spacial score (nSPS) is 10.3. The number of benzene rings is 2. The van der Waals surface area contributed by atoms with Crippen molar-refractivity contribution in [1.29, 1.82) is 0 Å². The molecule has 2 aromatic carbocycles. The van der Waals surface area contributed by atoms with Crippen LogP contribution in [0.25, 0.3) is 0 Å². The van der Waals surface area contributed by atoms with Crippen LogP contribution in [0.4, 0.5) is 11.6 Å². The number of amides is 1. The van der Waals surface area contributed by atoms with Gasteiger partial charge in [0, 0.05) is 23.5 Å². The number of halogens is 1. The third kappa shape index (κ3) is 4.74. The Labute approximate surface area is 162 Å². The lowest BCUT2D eigenvalue weighted by molar-refractivity contribution is 0.0946. The number of carbonyl (C=O) groups excluding carboxylic acids is 1. The molecule has 0 aliphatic heterocycles. The van der Waals surface area contributed by atoms with Crippen LogP contribution in [-0.4, -0.2) is 23.0 Å². The highest BCUT2D eigenvalue weighted by atomic mass is 35.5. The Bertz CT molecular complexity index is 945. The van der Waals surface area contributed by atoms with Crippen LogP contribution in [-0.2, 0) is 6.54 Å². The highest BCUT2D eigenvalue weighted by Crippen LogP contribution is 2.24. The van der Waals surface area contributed by atoms with E-state index < -0.39 is 0 Å². The van der Waals surface area contributed by atoms with Gasteiger partial charge in [0.2, 0.25) is 5.95 Å². The monoisotopic (exact) mass is 382 g/mol. The third-order valence-corrected chi connectivity index (χ3v) is 4.42. The van der Waals surface area contributed by atoms with Crippen molar-refractivity contribution in [3.63, 3.8) is 0 Å². The number of aromatic nitrogens is 2. The molecule has 0 fully saturated rings. The van der Waals surface area contributed by atoms with Crippen LogP contribution in [0.15, 0.2) is 54.7 Å². The second-order valence-corrected chi connectivity index (χ2v) is 6.24. The maximum absolute atomic E-state index is 12.4. The molecular weight excluding hydrogens is 364 g/mol. The number of hydrogen-bond acceptors (Lipinski definition) is 5. The highest BCUT2D eigenvalue weighted by Gasteiger charge is 2.10. The van der Waals surface area contributed by atoms with Gasteiger partial charge in [-0.2, -0.15) is 0 Å². The van der Waals surface area contributed by atoms with E-state index in [4.69, 9.17) is 16.3 Å². The van der Waals surface area contributed by atoms with Crippen molar-refractivity contribution in [2.24, 2.45) is 0 Å². The van der Waals surface area contributed by atoms with Crippen molar-refractivity contribution >= 4 is 29.1 Å². The molecule has 138 valence electrons. The van der Waals surface area contributed by atoms with E-state index in [2.05, 4.69) is 20.6 Å². The van der Waals surface area contributed by atoms with Gasteiger partial charge in [-0.15, -0.1) is 0 Å². The van der Waals surface area contributed by atoms with Gasteiger partial charge in [0.15, 0.2) is 0 Å². The third-order valence-electron chi connectivity index (χ3n) is 4.01. The number of ether oxygens (including phenoxy) is 1. The van der Waals surface area contributed by atoms with E-state index in [1.54, 1.807) is 13.2 Å². The lowest BCUT2D eigenvalue weighted by Crippen LogP contribution is -2.24. The van der Waals surface area contributed by atoms with E-state index in [0.29, 0.717) is 17.5 Å². The summed E-state index contributed by atoms with van der Waals surface area (Å²) in [6, 6.07) is 14.6. The number of nitrogens with one attached hydrogen (secondary N) is 2. The smallest absolute Gasteiger partial charge is 0.270 e. The molecule has 3 aromatic rings. The largest absolute Gasteiger partial charge is 0.497 e. The predicted molar refractivity (Wildman–Crippen MR) is 106 cm³/mol. The molecule has 0 spiro atoms. The van der Waals surface area contributed by atoms with Gasteiger partial charge in [-0.25, -0.2) is 9.97 Å². The van der Waals surface area contributed by atoms with Crippen LogP contribution in [0, 0.1) is 6.92 Å². The summed E-state index contributed by atoms with van der Waals surface area (Å²) in [7, 11) is 1.61. The first-order valence-electron chi connectivity index (χ1n) is 8.33. The van der Waals surface area contributed by atoms with Crippen LogP contribution >= 0.6 is 11.6 Å². The fraction of sp³-hybridized carbons (Fsp3) is 0.150. The molecule has 2 N–H and O–H groups in total. The summed E-state index contributed by atoms with van der Waals surface area (Å²) >= 11 is 6.13. The minimum absolute atomic E-state index is 0.278. The van der Waals surface area contributed by atoms with Crippen LogP contribution in [0.2, 0.25) is 5.02 Å². The average molecular weight is 383 g/mol. The van der Waals surface area contributed by atoms with E-state index >= 15 is 0 Å². The number of rotatable bonds is 6. The first-order chi connectivity index (χ1) is 13.1. The minimum atomic E-state index is -0.279. The second kappa shape index (κ2) is 8.51. The molecule has 3 rings (SSSR count). The predicted octanol–water partition coefficient (Wildman–Crippen LogP) is 4.12. The summed E-state index contributed by atoms with van der Waals surface area (Å²) in [4.78, 5) is 20.8. The summed E-state index contributed by atoms with van der Waals surface area (Å²) in [5.74, 6) is 0.824. The molecule has 7 heteroatoms. The molecule has 0 unspecified atom stereocenters. The van der Waals surface area contributed by atoms with E-state index in [1.165, 1.54) is 6.20 Å². The Morgan fingerprint density at radius 1 is 1.15 bits per heavy atom. The number of anilines is 2. The summed E-state index contributed by atoms with van der Waals surface area (Å²) in [6.45, 7) is 2.29. The maximum Gasteiger partial charge on any atom is 0.270 e. The second-order valence-electron chi connectivity index (χ2n) is 5.83. The molecule has 0 bridgehead atoms. The molecule has 1 amide bonds. The van der Waals surface area contributed by atoms with Gasteiger partial charge in [-0.3, -0.25) is 4.79 Å². The van der Waals surface area contributed by atoms with Crippen molar-refractivity contribution in [3.05, 3.63) is 76.6 Å². The van der Waals surface area contributed by atoms with Gasteiger partial charge < -0.3 is 15.4 Å². The van der Waals surface area contributed by atoms with Crippen LogP contribution in [0.3, 0.4) is 0 Å². The Hall–Kier alpha value is -3.12. The quantitative estimate of drug-likeness (QED) is 0.670. The number of nitrogens with zero attached hydrogens (tertiary/aromatic N) is 2. The zero-order valence-corrected chi connectivity index (χ0v) is 15.7. The molecule has 1 aromatic heterocycles. The number of carbonyl (C=O) groups is 1. The van der Waals surface area contributed by atoms with Gasteiger partial charge in [0.05, 0.1) is 7.11 Å². The van der Waals surface area contributed by atoms with Gasteiger partial charge in [-0.1, -0.05) is 29.8 Å². The molecule has 6 nitrogen and oxygen atoms in total. The fourth-order valence-electron chi connectivity index (χ4n) is 2.43. The molecule has 0 aliphatic rings. The standard InChI is InChI=1S/C20H19ClN4O2/c1-13-16(21)4-3-5-17(13)24-20-22-11-10-18(25-20)19(26)23-12-14-6-8-15(27-2)9-7-14/h3-11H,12H2,1-2H3,(H,23,26)(H,22,24,25). The lowest BCUT2D eigenvalue weighted by Gasteiger charge is -2.10. The van der Waals surface area contributed by atoms with E-state index in [1.807, 2.05) is 49.4 Å². The van der Waals surface area contributed by atoms with Crippen molar-refractivity contribution in [2.75, 3.05) is 12.4 Å². The molecule has 0 radical (unpaired) electrons. The van der Waals surface area contributed by atoms with E-state index in [9.17, 15) is 4.79 Å². The van der Waals surface area contributed by atoms with Crippen LogP contribution in [0.1, 0.15) is 21.6 Å². The lowest BCUT2D eigenvalue weighted by atomic mass is 10.2. The van der Waals surface area contributed by atoms with Crippen molar-refractivity contribution in [2.45, 2.75) is 13.5 Å². The van der Waals surface area contributed by atoms with E-state index in [-0.39, 0.29) is 11.6 Å². The number of methoxy groups -OCH3 is 1. The molecule has 1 heterocycles. The van der Waals surface area contributed by atoms with E-state index in [0.717, 1.165) is 22.6 Å². The van der Waals surface area contributed by atoms with Gasteiger partial charge in [-0.05, 0) is 48.4 Å².